The number of nitrogens with zero attached hydrogens (tertiary/aromatic N) is 1. The lowest BCUT2D eigenvalue weighted by molar-refractivity contribution is -0.123. The van der Waals surface area contributed by atoms with Crippen LogP contribution in [0, 0.1) is 0 Å². The largest absolute Gasteiger partial charge is 0.489 e. The Morgan fingerprint density at radius 3 is 2.56 bits per heavy atom. The van der Waals surface area contributed by atoms with Gasteiger partial charge in [-0.15, -0.1) is 12.4 Å². The summed E-state index contributed by atoms with van der Waals surface area (Å²) in [6.45, 7) is 6.52. The minimum Gasteiger partial charge on any atom is -0.489 e. The summed E-state index contributed by atoms with van der Waals surface area (Å²) < 4.78 is 5.74. The predicted octanol–water partition coefficient (Wildman–Crippen LogP) is 2.60. The van der Waals surface area contributed by atoms with Gasteiger partial charge >= 0.3 is 0 Å². The summed E-state index contributed by atoms with van der Waals surface area (Å²) in [4.78, 5) is 14.4. The number of benzene rings is 2. The van der Waals surface area contributed by atoms with Crippen LogP contribution in [0.3, 0.4) is 0 Å². The molecule has 1 aliphatic rings. The van der Waals surface area contributed by atoms with E-state index in [0.29, 0.717) is 25.7 Å². The van der Waals surface area contributed by atoms with Crippen molar-refractivity contribution < 1.29 is 9.53 Å². The zero-order valence-electron chi connectivity index (χ0n) is 15.7. The predicted molar refractivity (Wildman–Crippen MR) is 110 cm³/mol. The molecule has 1 fully saturated rings. The molecule has 0 aromatic heterocycles. The third-order valence-electron chi connectivity index (χ3n) is 4.65. The smallest absolute Gasteiger partial charge is 0.234 e. The number of para-hydroxylation sites is 1. The summed E-state index contributed by atoms with van der Waals surface area (Å²) in [7, 11) is 0. The van der Waals surface area contributed by atoms with E-state index in [1.807, 2.05) is 54.6 Å². The number of amides is 1. The summed E-state index contributed by atoms with van der Waals surface area (Å²) in [5.41, 5.74) is 2.20. The fraction of sp³-hybridized carbons (Fsp3) is 0.381. The van der Waals surface area contributed by atoms with Gasteiger partial charge in [0, 0.05) is 32.2 Å². The third-order valence-corrected chi connectivity index (χ3v) is 4.65. The van der Waals surface area contributed by atoms with Crippen LogP contribution in [0.4, 0.5) is 0 Å². The van der Waals surface area contributed by atoms with Crippen molar-refractivity contribution in [2.24, 2.45) is 0 Å². The van der Waals surface area contributed by atoms with Gasteiger partial charge in [-0.1, -0.05) is 42.5 Å². The van der Waals surface area contributed by atoms with Gasteiger partial charge in [-0.25, -0.2) is 0 Å². The minimum absolute atomic E-state index is 0. The standard InChI is InChI=1S/C21H27N3O2.ClH/c1-17-13-22-11-12-24(17)15-21(25)23-14-18-7-9-19(10-8-18)16-26-20-5-3-2-4-6-20;/h2-10,17,22H,11-16H2,1H3,(H,23,25);1H/t17-;/m0./s1. The van der Waals surface area contributed by atoms with Crippen LogP contribution in [0.15, 0.2) is 54.6 Å². The van der Waals surface area contributed by atoms with Crippen LogP contribution in [0.25, 0.3) is 0 Å². The highest BCUT2D eigenvalue weighted by molar-refractivity contribution is 5.85. The number of hydrogen-bond acceptors (Lipinski definition) is 4. The van der Waals surface area contributed by atoms with E-state index >= 15 is 0 Å². The molecule has 1 amide bonds. The molecule has 6 heteroatoms. The normalized spacial score (nSPS) is 17.0. The van der Waals surface area contributed by atoms with E-state index in [-0.39, 0.29) is 18.3 Å². The lowest BCUT2D eigenvalue weighted by atomic mass is 10.1. The first-order valence-corrected chi connectivity index (χ1v) is 9.18. The highest BCUT2D eigenvalue weighted by Crippen LogP contribution is 2.12. The number of carbonyl (C=O) groups excluding carboxylic acids is 1. The Morgan fingerprint density at radius 1 is 1.15 bits per heavy atom. The maximum Gasteiger partial charge on any atom is 0.234 e. The zero-order chi connectivity index (χ0) is 18.2. The van der Waals surface area contributed by atoms with E-state index in [9.17, 15) is 4.79 Å². The molecule has 1 atom stereocenters. The van der Waals surface area contributed by atoms with Crippen LogP contribution >= 0.6 is 12.4 Å². The quantitative estimate of drug-likeness (QED) is 0.764. The van der Waals surface area contributed by atoms with E-state index in [4.69, 9.17) is 4.74 Å². The second kappa shape index (κ2) is 10.9. The van der Waals surface area contributed by atoms with Crippen molar-refractivity contribution in [2.45, 2.75) is 26.1 Å². The minimum atomic E-state index is 0. The van der Waals surface area contributed by atoms with Gasteiger partial charge in [-0.3, -0.25) is 9.69 Å². The molecule has 0 aliphatic carbocycles. The second-order valence-corrected chi connectivity index (χ2v) is 6.72. The number of halogens is 1. The van der Waals surface area contributed by atoms with Crippen molar-refractivity contribution in [1.29, 1.82) is 0 Å². The highest BCUT2D eigenvalue weighted by Gasteiger charge is 2.19. The van der Waals surface area contributed by atoms with Gasteiger partial charge in [-0.05, 0) is 30.2 Å². The summed E-state index contributed by atoms with van der Waals surface area (Å²) >= 11 is 0. The summed E-state index contributed by atoms with van der Waals surface area (Å²) in [6.07, 6.45) is 0. The van der Waals surface area contributed by atoms with Gasteiger partial charge in [0.05, 0.1) is 6.54 Å². The molecule has 1 saturated heterocycles. The molecular formula is C21H28ClN3O2. The number of piperazine rings is 1. The molecule has 2 aromatic rings. The van der Waals surface area contributed by atoms with Crippen LogP contribution < -0.4 is 15.4 Å². The fourth-order valence-corrected chi connectivity index (χ4v) is 3.00. The molecule has 3 rings (SSSR count). The first kappa shape index (κ1) is 21.2. The Balaban J connectivity index is 0.00000261. The van der Waals surface area contributed by atoms with Gasteiger partial charge in [0.15, 0.2) is 0 Å². The van der Waals surface area contributed by atoms with E-state index in [1.165, 1.54) is 0 Å². The monoisotopic (exact) mass is 389 g/mol. The van der Waals surface area contributed by atoms with E-state index < -0.39 is 0 Å². The van der Waals surface area contributed by atoms with Crippen LogP contribution in [0.2, 0.25) is 0 Å². The Bertz CT molecular complexity index is 694. The molecule has 27 heavy (non-hydrogen) atoms. The molecule has 0 saturated carbocycles. The number of hydrogen-bond donors (Lipinski definition) is 2. The zero-order valence-corrected chi connectivity index (χ0v) is 16.5. The molecular weight excluding hydrogens is 362 g/mol. The van der Waals surface area contributed by atoms with Crippen molar-refractivity contribution in [1.82, 2.24) is 15.5 Å². The molecule has 0 radical (unpaired) electrons. The maximum absolute atomic E-state index is 12.2. The molecule has 0 bridgehead atoms. The summed E-state index contributed by atoms with van der Waals surface area (Å²) in [6, 6.07) is 18.4. The van der Waals surface area contributed by atoms with Crippen molar-refractivity contribution in [3.05, 3.63) is 65.7 Å². The Kier molecular flexibility index (Phi) is 8.58. The van der Waals surface area contributed by atoms with Gasteiger partial charge in [0.1, 0.15) is 12.4 Å². The third kappa shape index (κ3) is 6.86. The van der Waals surface area contributed by atoms with Crippen LogP contribution in [0.1, 0.15) is 18.1 Å². The summed E-state index contributed by atoms with van der Waals surface area (Å²) in [5, 5.41) is 6.35. The van der Waals surface area contributed by atoms with Crippen molar-refractivity contribution in [3.63, 3.8) is 0 Å². The molecule has 0 spiro atoms. The average Bonchev–Trinajstić information content (AvgIpc) is 2.68. The highest BCUT2D eigenvalue weighted by atomic mass is 35.5. The SMILES string of the molecule is C[C@H]1CNCCN1CC(=O)NCc1ccc(COc2ccccc2)cc1.Cl. The molecule has 5 nitrogen and oxygen atoms in total. The first-order chi connectivity index (χ1) is 12.7. The summed E-state index contributed by atoms with van der Waals surface area (Å²) in [5.74, 6) is 0.946. The molecule has 146 valence electrons. The van der Waals surface area contributed by atoms with Crippen LogP contribution in [-0.4, -0.2) is 43.0 Å². The van der Waals surface area contributed by atoms with E-state index in [1.54, 1.807) is 0 Å². The Labute approximate surface area is 167 Å². The van der Waals surface area contributed by atoms with Gasteiger partial charge in [0.25, 0.3) is 0 Å². The first-order valence-electron chi connectivity index (χ1n) is 9.18. The van der Waals surface area contributed by atoms with Gasteiger partial charge in [-0.2, -0.15) is 0 Å². The molecule has 0 unspecified atom stereocenters. The van der Waals surface area contributed by atoms with Crippen LogP contribution in [-0.2, 0) is 17.9 Å². The lowest BCUT2D eigenvalue weighted by Gasteiger charge is -2.33. The Hall–Kier alpha value is -2.08. The van der Waals surface area contributed by atoms with Crippen molar-refractivity contribution in [2.75, 3.05) is 26.2 Å². The van der Waals surface area contributed by atoms with Crippen LogP contribution in [0.5, 0.6) is 5.75 Å². The number of rotatable bonds is 7. The molecule has 1 heterocycles. The molecule has 1 aliphatic heterocycles. The lowest BCUT2D eigenvalue weighted by Crippen LogP contribution is -2.52. The van der Waals surface area contributed by atoms with Crippen molar-refractivity contribution >= 4 is 18.3 Å². The van der Waals surface area contributed by atoms with E-state index in [0.717, 1.165) is 36.5 Å². The molecule has 2 N–H and O–H groups in total. The van der Waals surface area contributed by atoms with E-state index in [2.05, 4.69) is 22.5 Å². The van der Waals surface area contributed by atoms with Gasteiger partial charge in [0.2, 0.25) is 5.91 Å². The second-order valence-electron chi connectivity index (χ2n) is 6.72. The molecule has 2 aromatic carbocycles. The maximum atomic E-state index is 12.2. The number of carbonyl (C=O) groups is 1. The average molecular weight is 390 g/mol. The topological polar surface area (TPSA) is 53.6 Å². The number of ether oxygens (including phenoxy) is 1. The van der Waals surface area contributed by atoms with Gasteiger partial charge < -0.3 is 15.4 Å². The Morgan fingerprint density at radius 2 is 1.85 bits per heavy atom. The number of nitrogens with one attached hydrogen (secondary N) is 2. The fourth-order valence-electron chi connectivity index (χ4n) is 3.00. The van der Waals surface area contributed by atoms with Crippen molar-refractivity contribution in [3.8, 4) is 5.75 Å².